The van der Waals surface area contributed by atoms with E-state index in [0.29, 0.717) is 10.7 Å². The molecule has 0 aromatic carbocycles. The fourth-order valence-corrected chi connectivity index (χ4v) is 2.90. The lowest BCUT2D eigenvalue weighted by Gasteiger charge is -2.01. The van der Waals surface area contributed by atoms with Crippen molar-refractivity contribution in [1.82, 2.24) is 14.9 Å². The molecule has 70 valence electrons. The van der Waals surface area contributed by atoms with Gasteiger partial charge in [-0.25, -0.2) is 4.68 Å². The van der Waals surface area contributed by atoms with Gasteiger partial charge in [-0.3, -0.25) is 5.10 Å². The Kier molecular flexibility index (Phi) is 1.36. The van der Waals surface area contributed by atoms with Crippen LogP contribution in [0.2, 0.25) is 0 Å². The molecule has 3 rings (SSSR count). The predicted octanol–water partition coefficient (Wildman–Crippen LogP) is 1.17. The van der Waals surface area contributed by atoms with E-state index in [-0.39, 0.29) is 0 Å². The number of aromatic nitrogens is 3. The molecule has 2 fully saturated rings. The van der Waals surface area contributed by atoms with Gasteiger partial charge in [-0.2, -0.15) is 5.10 Å². The molecule has 2 unspecified atom stereocenters. The van der Waals surface area contributed by atoms with Crippen LogP contribution in [-0.2, 0) is 0 Å². The molecule has 0 bridgehead atoms. The third kappa shape index (κ3) is 0.905. The van der Waals surface area contributed by atoms with Crippen LogP contribution in [0.25, 0.3) is 0 Å². The standard InChI is InChI=1S/C8H12N4S/c9-12-7(10-11-8(12)13)6-4-2-1-3-5(4)6/h4-6H,1-3,9H2,(H,11,13). The number of nitrogens with one attached hydrogen (secondary N) is 1. The van der Waals surface area contributed by atoms with Crippen LogP contribution >= 0.6 is 12.2 Å². The Hall–Kier alpha value is -0.840. The second-order valence-electron chi connectivity index (χ2n) is 4.04. The van der Waals surface area contributed by atoms with Crippen molar-refractivity contribution in [3.05, 3.63) is 10.6 Å². The summed E-state index contributed by atoms with van der Waals surface area (Å²) in [6, 6.07) is 0. The normalized spacial score (nSPS) is 36.2. The number of nitrogens with two attached hydrogens (primary N) is 1. The molecular weight excluding hydrogens is 184 g/mol. The molecule has 5 heteroatoms. The van der Waals surface area contributed by atoms with E-state index in [1.165, 1.54) is 23.9 Å². The van der Waals surface area contributed by atoms with Gasteiger partial charge in [0.25, 0.3) is 0 Å². The molecule has 4 nitrogen and oxygen atoms in total. The summed E-state index contributed by atoms with van der Waals surface area (Å²) >= 11 is 4.97. The molecule has 0 aliphatic heterocycles. The Bertz CT molecular complexity index is 383. The molecule has 0 radical (unpaired) electrons. The summed E-state index contributed by atoms with van der Waals surface area (Å²) in [6.07, 6.45) is 4.06. The van der Waals surface area contributed by atoms with Gasteiger partial charge in [-0.15, -0.1) is 0 Å². The van der Waals surface area contributed by atoms with Crippen molar-refractivity contribution in [3.8, 4) is 0 Å². The number of nitrogens with zero attached hydrogens (tertiary/aromatic N) is 2. The van der Waals surface area contributed by atoms with Crippen LogP contribution in [0.15, 0.2) is 0 Å². The average Bonchev–Trinajstić information content (AvgIpc) is 2.49. The molecule has 1 heterocycles. The topological polar surface area (TPSA) is 59.6 Å². The summed E-state index contributed by atoms with van der Waals surface area (Å²) < 4.78 is 2.05. The van der Waals surface area contributed by atoms with E-state index in [4.69, 9.17) is 18.1 Å². The van der Waals surface area contributed by atoms with E-state index >= 15 is 0 Å². The highest BCUT2D eigenvalue weighted by molar-refractivity contribution is 7.71. The van der Waals surface area contributed by atoms with Gasteiger partial charge in [-0.1, -0.05) is 6.42 Å². The van der Waals surface area contributed by atoms with Gasteiger partial charge < -0.3 is 5.84 Å². The highest BCUT2D eigenvalue weighted by Crippen LogP contribution is 2.62. The molecular formula is C8H12N4S. The van der Waals surface area contributed by atoms with Crippen molar-refractivity contribution in [2.75, 3.05) is 5.84 Å². The van der Waals surface area contributed by atoms with Gasteiger partial charge in [0.1, 0.15) is 0 Å². The van der Waals surface area contributed by atoms with Crippen molar-refractivity contribution >= 4 is 12.2 Å². The molecule has 2 saturated carbocycles. The van der Waals surface area contributed by atoms with E-state index in [1.807, 2.05) is 0 Å². The molecule has 2 atom stereocenters. The minimum absolute atomic E-state index is 0.528. The van der Waals surface area contributed by atoms with E-state index in [2.05, 4.69) is 10.2 Å². The lowest BCUT2D eigenvalue weighted by atomic mass is 10.1. The lowest BCUT2D eigenvalue weighted by Crippen LogP contribution is -2.13. The number of hydrogen-bond donors (Lipinski definition) is 2. The summed E-state index contributed by atoms with van der Waals surface area (Å²) in [6.45, 7) is 0. The number of hydrogen-bond acceptors (Lipinski definition) is 3. The maximum absolute atomic E-state index is 5.77. The molecule has 1 aromatic rings. The Morgan fingerprint density at radius 1 is 1.46 bits per heavy atom. The zero-order valence-corrected chi connectivity index (χ0v) is 8.05. The minimum Gasteiger partial charge on any atom is -0.335 e. The first-order chi connectivity index (χ1) is 6.29. The summed E-state index contributed by atoms with van der Waals surface area (Å²) in [5.41, 5.74) is 0. The van der Waals surface area contributed by atoms with Crippen LogP contribution in [0.5, 0.6) is 0 Å². The smallest absolute Gasteiger partial charge is 0.214 e. The second-order valence-corrected chi connectivity index (χ2v) is 4.43. The molecule has 2 aliphatic rings. The largest absolute Gasteiger partial charge is 0.335 e. The fraction of sp³-hybridized carbons (Fsp3) is 0.750. The van der Waals surface area contributed by atoms with Gasteiger partial charge in [-0.05, 0) is 36.9 Å². The summed E-state index contributed by atoms with van der Waals surface area (Å²) in [4.78, 5) is 0. The molecule has 3 N–H and O–H groups in total. The number of aromatic amines is 1. The Labute approximate surface area is 81.1 Å². The first-order valence-corrected chi connectivity index (χ1v) is 5.12. The summed E-state index contributed by atoms with van der Waals surface area (Å²) in [5.74, 6) is 8.99. The predicted molar refractivity (Wildman–Crippen MR) is 51.1 cm³/mol. The Balaban J connectivity index is 1.95. The van der Waals surface area contributed by atoms with Crippen molar-refractivity contribution in [2.45, 2.75) is 25.2 Å². The van der Waals surface area contributed by atoms with Crippen LogP contribution < -0.4 is 5.84 Å². The van der Waals surface area contributed by atoms with Crippen molar-refractivity contribution in [3.63, 3.8) is 0 Å². The summed E-state index contributed by atoms with van der Waals surface area (Å²) in [7, 11) is 0. The van der Waals surface area contributed by atoms with E-state index < -0.39 is 0 Å². The average molecular weight is 196 g/mol. The molecule has 0 spiro atoms. The van der Waals surface area contributed by atoms with Crippen LogP contribution in [0.4, 0.5) is 0 Å². The Morgan fingerprint density at radius 3 is 2.69 bits per heavy atom. The zero-order chi connectivity index (χ0) is 9.00. The molecule has 0 amide bonds. The van der Waals surface area contributed by atoms with E-state index in [9.17, 15) is 0 Å². The van der Waals surface area contributed by atoms with Gasteiger partial charge in [0.2, 0.25) is 4.77 Å². The lowest BCUT2D eigenvalue weighted by molar-refractivity contribution is 0.643. The first-order valence-electron chi connectivity index (χ1n) is 4.71. The van der Waals surface area contributed by atoms with Gasteiger partial charge >= 0.3 is 0 Å². The fourth-order valence-electron chi connectivity index (χ4n) is 2.76. The monoisotopic (exact) mass is 196 g/mol. The third-order valence-corrected chi connectivity index (χ3v) is 3.72. The number of H-pyrrole nitrogens is 1. The van der Waals surface area contributed by atoms with Gasteiger partial charge in [0.05, 0.1) is 0 Å². The van der Waals surface area contributed by atoms with Crippen molar-refractivity contribution < 1.29 is 0 Å². The van der Waals surface area contributed by atoms with Crippen molar-refractivity contribution in [2.24, 2.45) is 11.8 Å². The van der Waals surface area contributed by atoms with E-state index in [0.717, 1.165) is 17.7 Å². The maximum atomic E-state index is 5.77. The molecule has 1 aromatic heterocycles. The number of rotatable bonds is 1. The SMILES string of the molecule is Nn1c(C2C3CCCC32)n[nH]c1=S. The summed E-state index contributed by atoms with van der Waals surface area (Å²) in [5, 5.41) is 6.92. The van der Waals surface area contributed by atoms with Crippen LogP contribution in [0, 0.1) is 16.6 Å². The second kappa shape index (κ2) is 2.35. The van der Waals surface area contributed by atoms with E-state index in [1.54, 1.807) is 0 Å². The van der Waals surface area contributed by atoms with Crippen LogP contribution in [0.1, 0.15) is 31.0 Å². The maximum Gasteiger partial charge on any atom is 0.214 e. The number of fused-ring (bicyclic) bond motifs is 1. The highest BCUT2D eigenvalue weighted by Gasteiger charge is 2.55. The quantitative estimate of drug-likeness (QED) is 0.523. The van der Waals surface area contributed by atoms with Gasteiger partial charge in [0.15, 0.2) is 5.82 Å². The molecule has 0 saturated heterocycles. The first kappa shape index (κ1) is 7.55. The Morgan fingerprint density at radius 2 is 2.15 bits per heavy atom. The van der Waals surface area contributed by atoms with Crippen LogP contribution in [0.3, 0.4) is 0 Å². The van der Waals surface area contributed by atoms with Crippen LogP contribution in [-0.4, -0.2) is 14.9 Å². The number of nitrogen functional groups attached to an aromatic ring is 1. The minimum atomic E-state index is 0.528. The highest BCUT2D eigenvalue weighted by atomic mass is 32.1. The van der Waals surface area contributed by atoms with Gasteiger partial charge in [0, 0.05) is 5.92 Å². The molecule has 2 aliphatic carbocycles. The third-order valence-electron chi connectivity index (χ3n) is 3.44. The zero-order valence-electron chi connectivity index (χ0n) is 7.23. The molecule has 13 heavy (non-hydrogen) atoms. The van der Waals surface area contributed by atoms with Crippen molar-refractivity contribution in [1.29, 1.82) is 0 Å².